The maximum atomic E-state index is 12.6. The summed E-state index contributed by atoms with van der Waals surface area (Å²) in [5.74, 6) is -0.889. The van der Waals surface area contributed by atoms with Crippen molar-refractivity contribution in [3.8, 4) is 0 Å². The van der Waals surface area contributed by atoms with E-state index in [0.29, 0.717) is 6.42 Å². The Kier molecular flexibility index (Phi) is 7.16. The molecule has 2 aromatic carbocycles. The quantitative estimate of drug-likeness (QED) is 0.718. The van der Waals surface area contributed by atoms with Crippen molar-refractivity contribution in [2.24, 2.45) is 0 Å². The minimum Gasteiger partial charge on any atom is -0.467 e. The van der Waals surface area contributed by atoms with Crippen LogP contribution in [0.1, 0.15) is 17.2 Å². The molecule has 6 heteroatoms. The number of rotatable bonds is 7. The minimum absolute atomic E-state index is 0.330. The number of halogens is 1. The lowest BCUT2D eigenvalue weighted by atomic mass is 10.0. The molecule has 0 spiro atoms. The third-order valence-electron chi connectivity index (χ3n) is 3.73. The molecular weight excluding hydrogens is 386 g/mol. The van der Waals surface area contributed by atoms with E-state index in [2.05, 4.69) is 21.2 Å². The first-order valence-electron chi connectivity index (χ1n) is 7.75. The maximum Gasteiger partial charge on any atom is 0.328 e. The zero-order chi connectivity index (χ0) is 18.2. The number of nitrogens with one attached hydrogen (secondary N) is 1. The normalized spacial score (nSPS) is 12.9. The smallest absolute Gasteiger partial charge is 0.328 e. The second-order valence-corrected chi connectivity index (χ2v) is 6.36. The number of hydrogen-bond donors (Lipinski definition) is 1. The first-order chi connectivity index (χ1) is 12.0. The zero-order valence-electron chi connectivity index (χ0n) is 14.1. The number of carbonyl (C=O) groups excluding carboxylic acids is 2. The Morgan fingerprint density at radius 1 is 1.04 bits per heavy atom. The second kappa shape index (κ2) is 9.34. The van der Waals surface area contributed by atoms with Crippen LogP contribution in [0.3, 0.4) is 0 Å². The number of amides is 1. The van der Waals surface area contributed by atoms with Crippen LogP contribution < -0.4 is 5.32 Å². The first-order valence-corrected chi connectivity index (χ1v) is 8.55. The number of esters is 1. The fourth-order valence-corrected chi connectivity index (χ4v) is 2.73. The molecule has 2 atom stereocenters. The van der Waals surface area contributed by atoms with Crippen molar-refractivity contribution in [2.75, 3.05) is 14.2 Å². The predicted octanol–water partition coefficient (Wildman–Crippen LogP) is 3.04. The van der Waals surface area contributed by atoms with Crippen LogP contribution in [-0.2, 0) is 25.5 Å². The lowest BCUT2D eigenvalue weighted by Crippen LogP contribution is -2.45. The molecule has 5 nitrogen and oxygen atoms in total. The molecular formula is C19H20BrNO4. The highest BCUT2D eigenvalue weighted by Crippen LogP contribution is 2.17. The van der Waals surface area contributed by atoms with Crippen LogP contribution in [0.15, 0.2) is 59.1 Å². The SMILES string of the molecule is COC(=O)[C@@H](Cc1ccc(Br)cc1)NC(=O)[C@@H](OC)c1ccccc1. The van der Waals surface area contributed by atoms with Crippen LogP contribution >= 0.6 is 15.9 Å². The van der Waals surface area contributed by atoms with Crippen molar-refractivity contribution in [3.63, 3.8) is 0 Å². The van der Waals surface area contributed by atoms with E-state index in [-0.39, 0.29) is 5.91 Å². The molecule has 0 aliphatic heterocycles. The summed E-state index contributed by atoms with van der Waals surface area (Å²) in [6.07, 6.45) is -0.463. The Bertz CT molecular complexity index is 703. The van der Waals surface area contributed by atoms with Gasteiger partial charge in [0.1, 0.15) is 6.04 Å². The van der Waals surface area contributed by atoms with Crippen molar-refractivity contribution >= 4 is 27.8 Å². The molecule has 0 aromatic heterocycles. The summed E-state index contributed by atoms with van der Waals surface area (Å²) in [6.45, 7) is 0. The van der Waals surface area contributed by atoms with E-state index in [9.17, 15) is 9.59 Å². The van der Waals surface area contributed by atoms with E-state index in [4.69, 9.17) is 9.47 Å². The number of hydrogen-bond acceptors (Lipinski definition) is 4. The monoisotopic (exact) mass is 405 g/mol. The van der Waals surface area contributed by atoms with Crippen LogP contribution in [0.2, 0.25) is 0 Å². The maximum absolute atomic E-state index is 12.6. The summed E-state index contributed by atoms with van der Waals surface area (Å²) in [5.41, 5.74) is 1.63. The summed E-state index contributed by atoms with van der Waals surface area (Å²) >= 11 is 3.37. The van der Waals surface area contributed by atoms with Gasteiger partial charge in [0, 0.05) is 18.0 Å². The van der Waals surface area contributed by atoms with Crippen molar-refractivity contribution in [1.82, 2.24) is 5.32 Å². The molecule has 132 valence electrons. The molecule has 0 unspecified atom stereocenters. The average molecular weight is 406 g/mol. The standard InChI is InChI=1S/C19H20BrNO4/c1-24-17(14-6-4-3-5-7-14)18(22)21-16(19(23)25-2)12-13-8-10-15(20)11-9-13/h3-11,16-17H,12H2,1-2H3,(H,21,22)/t16-,17+/m1/s1. The molecule has 0 aliphatic rings. The molecule has 0 saturated carbocycles. The predicted molar refractivity (Wildman–Crippen MR) is 98.0 cm³/mol. The van der Waals surface area contributed by atoms with E-state index >= 15 is 0 Å². The summed E-state index contributed by atoms with van der Waals surface area (Å²) in [6, 6.07) is 15.9. The van der Waals surface area contributed by atoms with Crippen LogP contribution in [0, 0.1) is 0 Å². The Hall–Kier alpha value is -2.18. The molecule has 1 amide bonds. The molecule has 0 aliphatic carbocycles. The van der Waals surface area contributed by atoms with Gasteiger partial charge in [-0.05, 0) is 23.3 Å². The van der Waals surface area contributed by atoms with Gasteiger partial charge in [0.05, 0.1) is 7.11 Å². The van der Waals surface area contributed by atoms with Crippen molar-refractivity contribution in [1.29, 1.82) is 0 Å². The van der Waals surface area contributed by atoms with Crippen molar-refractivity contribution in [2.45, 2.75) is 18.6 Å². The number of ether oxygens (including phenoxy) is 2. The molecule has 25 heavy (non-hydrogen) atoms. The van der Waals surface area contributed by atoms with Gasteiger partial charge in [0.25, 0.3) is 5.91 Å². The Morgan fingerprint density at radius 2 is 1.68 bits per heavy atom. The molecule has 0 saturated heterocycles. The molecule has 1 N–H and O–H groups in total. The highest BCUT2D eigenvalue weighted by molar-refractivity contribution is 9.10. The molecule has 0 fully saturated rings. The summed E-state index contributed by atoms with van der Waals surface area (Å²) < 4.78 is 11.1. The van der Waals surface area contributed by atoms with Crippen LogP contribution in [0.5, 0.6) is 0 Å². The minimum atomic E-state index is -0.793. The average Bonchev–Trinajstić information content (AvgIpc) is 2.64. The van der Waals surface area contributed by atoms with E-state index in [1.807, 2.05) is 42.5 Å². The Morgan fingerprint density at radius 3 is 2.24 bits per heavy atom. The Labute approximate surface area is 155 Å². The van der Waals surface area contributed by atoms with E-state index in [1.165, 1.54) is 14.2 Å². The van der Waals surface area contributed by atoms with Gasteiger partial charge in [-0.3, -0.25) is 4.79 Å². The third-order valence-corrected chi connectivity index (χ3v) is 4.26. The van der Waals surface area contributed by atoms with Gasteiger partial charge >= 0.3 is 5.97 Å². The zero-order valence-corrected chi connectivity index (χ0v) is 15.7. The van der Waals surface area contributed by atoms with E-state index < -0.39 is 18.1 Å². The van der Waals surface area contributed by atoms with Crippen LogP contribution in [0.4, 0.5) is 0 Å². The van der Waals surface area contributed by atoms with Crippen molar-refractivity contribution in [3.05, 3.63) is 70.2 Å². The lowest BCUT2D eigenvalue weighted by Gasteiger charge is -2.21. The van der Waals surface area contributed by atoms with Gasteiger partial charge in [-0.1, -0.05) is 58.4 Å². The summed E-state index contributed by atoms with van der Waals surface area (Å²) in [7, 11) is 2.76. The molecule has 2 aromatic rings. The van der Waals surface area contributed by atoms with Crippen LogP contribution in [0.25, 0.3) is 0 Å². The van der Waals surface area contributed by atoms with Gasteiger partial charge in [-0.2, -0.15) is 0 Å². The number of benzene rings is 2. The van der Waals surface area contributed by atoms with Gasteiger partial charge in [0.15, 0.2) is 6.10 Å². The summed E-state index contributed by atoms with van der Waals surface area (Å²) in [4.78, 5) is 24.7. The second-order valence-electron chi connectivity index (χ2n) is 5.44. The van der Waals surface area contributed by atoms with Gasteiger partial charge < -0.3 is 14.8 Å². The molecule has 0 bridgehead atoms. The topological polar surface area (TPSA) is 64.6 Å². The highest BCUT2D eigenvalue weighted by atomic mass is 79.9. The fraction of sp³-hybridized carbons (Fsp3) is 0.263. The van der Waals surface area contributed by atoms with E-state index in [0.717, 1.165) is 15.6 Å². The lowest BCUT2D eigenvalue weighted by molar-refractivity contribution is -0.146. The molecule has 0 radical (unpaired) electrons. The molecule has 2 rings (SSSR count). The fourth-order valence-electron chi connectivity index (χ4n) is 2.46. The van der Waals surface area contributed by atoms with E-state index in [1.54, 1.807) is 12.1 Å². The summed E-state index contributed by atoms with van der Waals surface area (Å²) in [5, 5.41) is 2.73. The largest absolute Gasteiger partial charge is 0.467 e. The van der Waals surface area contributed by atoms with Crippen LogP contribution in [-0.4, -0.2) is 32.1 Å². The van der Waals surface area contributed by atoms with Gasteiger partial charge in [-0.15, -0.1) is 0 Å². The highest BCUT2D eigenvalue weighted by Gasteiger charge is 2.27. The van der Waals surface area contributed by atoms with Gasteiger partial charge in [0.2, 0.25) is 0 Å². The number of methoxy groups -OCH3 is 2. The third kappa shape index (κ3) is 5.41. The van der Waals surface area contributed by atoms with Crippen molar-refractivity contribution < 1.29 is 19.1 Å². The Balaban J connectivity index is 2.13. The number of carbonyl (C=O) groups is 2. The molecule has 0 heterocycles. The van der Waals surface area contributed by atoms with Gasteiger partial charge in [-0.25, -0.2) is 4.79 Å². The first kappa shape index (κ1) is 19.1.